The maximum Gasteiger partial charge on any atom is 0.305 e. The van der Waals surface area contributed by atoms with Gasteiger partial charge < -0.3 is 14.9 Å². The summed E-state index contributed by atoms with van der Waals surface area (Å²) in [6.07, 6.45) is 15.1. The maximum absolute atomic E-state index is 12.3. The Hall–Kier alpha value is -2.16. The highest BCUT2D eigenvalue weighted by atomic mass is 16.5. The molecule has 0 radical (unpaired) electrons. The first-order chi connectivity index (χ1) is 14.3. The summed E-state index contributed by atoms with van der Waals surface area (Å²) >= 11 is 0. The third-order valence-electron chi connectivity index (χ3n) is 5.69. The summed E-state index contributed by atoms with van der Waals surface area (Å²) in [6, 6.07) is 0. The van der Waals surface area contributed by atoms with Crippen molar-refractivity contribution < 1.29 is 24.5 Å². The van der Waals surface area contributed by atoms with E-state index in [9.17, 15) is 19.8 Å². The van der Waals surface area contributed by atoms with Gasteiger partial charge in [-0.25, -0.2) is 0 Å². The van der Waals surface area contributed by atoms with Gasteiger partial charge in [-0.3, -0.25) is 9.59 Å². The molecule has 1 fully saturated rings. The summed E-state index contributed by atoms with van der Waals surface area (Å²) in [4.78, 5) is 23.4. The minimum Gasteiger partial charge on any atom is -0.469 e. The molecule has 5 nitrogen and oxygen atoms in total. The van der Waals surface area contributed by atoms with Crippen LogP contribution in [-0.4, -0.2) is 40.8 Å². The number of ether oxygens (including phenoxy) is 1. The van der Waals surface area contributed by atoms with Gasteiger partial charge in [0, 0.05) is 31.1 Å². The number of aliphatic hydroxyl groups excluding tert-OH is 1. The van der Waals surface area contributed by atoms with Gasteiger partial charge in [-0.2, -0.15) is 0 Å². The van der Waals surface area contributed by atoms with Crippen molar-refractivity contribution in [3.63, 3.8) is 0 Å². The van der Waals surface area contributed by atoms with Gasteiger partial charge in [-0.05, 0) is 51.0 Å². The van der Waals surface area contributed by atoms with E-state index >= 15 is 0 Å². The minimum absolute atomic E-state index is 0.0832. The SMILES string of the molecule is COC(=O)CC/C=C\CC[C@H]1C(=O)C[C@@H](O)[C@@H]1/C=C/C[C@@](C)(O)C#CC1=CCCC1. The number of aliphatic hydroxyl groups is 2. The molecular weight excluding hydrogens is 380 g/mol. The van der Waals surface area contributed by atoms with Gasteiger partial charge in [0.1, 0.15) is 11.4 Å². The second-order valence-corrected chi connectivity index (χ2v) is 8.36. The van der Waals surface area contributed by atoms with Gasteiger partial charge in [0.25, 0.3) is 0 Å². The predicted octanol–water partition coefficient (Wildman–Crippen LogP) is 3.65. The molecule has 2 rings (SSSR count). The highest BCUT2D eigenvalue weighted by Gasteiger charge is 2.39. The molecular formula is C25H34O5. The van der Waals surface area contributed by atoms with Crippen LogP contribution in [0.4, 0.5) is 0 Å². The van der Waals surface area contributed by atoms with Crippen LogP contribution in [0.2, 0.25) is 0 Å². The largest absolute Gasteiger partial charge is 0.469 e. The van der Waals surface area contributed by atoms with Gasteiger partial charge in [0.05, 0.1) is 13.2 Å². The lowest BCUT2D eigenvalue weighted by Crippen LogP contribution is -2.21. The first-order valence-electron chi connectivity index (χ1n) is 10.9. The number of allylic oxidation sites excluding steroid dienone is 4. The van der Waals surface area contributed by atoms with E-state index < -0.39 is 11.7 Å². The molecule has 1 saturated carbocycles. The lowest BCUT2D eigenvalue weighted by Gasteiger charge is -2.18. The predicted molar refractivity (Wildman–Crippen MR) is 116 cm³/mol. The standard InChI is InChI=1S/C25H34O5/c1-25(29,17-15-19-10-7-8-11-19)16-9-13-21-20(22(26)18-23(21)27)12-5-3-4-6-14-24(28)30-2/h3-4,9-10,13,20-21,23,27,29H,5-8,11-12,14,16,18H2,1-2H3/b4-3-,13-9+/t20-,21-,23-,25-/m1/s1. The van der Waals surface area contributed by atoms with Gasteiger partial charge in [0.2, 0.25) is 0 Å². The van der Waals surface area contributed by atoms with Crippen molar-refractivity contribution in [1.29, 1.82) is 0 Å². The molecule has 0 bridgehead atoms. The lowest BCUT2D eigenvalue weighted by molar-refractivity contribution is -0.140. The number of carbonyl (C=O) groups excluding carboxylic acids is 2. The van der Waals surface area contributed by atoms with Gasteiger partial charge in [-0.1, -0.05) is 42.2 Å². The molecule has 0 spiro atoms. The smallest absolute Gasteiger partial charge is 0.305 e. The van der Waals surface area contributed by atoms with Crippen LogP contribution in [0.25, 0.3) is 0 Å². The fraction of sp³-hybridized carbons (Fsp3) is 0.600. The van der Waals surface area contributed by atoms with Crippen molar-refractivity contribution in [3.05, 3.63) is 36.0 Å². The van der Waals surface area contributed by atoms with Crippen molar-refractivity contribution in [2.24, 2.45) is 11.8 Å². The molecule has 0 aromatic heterocycles. The third-order valence-corrected chi connectivity index (χ3v) is 5.69. The van der Waals surface area contributed by atoms with E-state index in [-0.39, 0.29) is 30.0 Å². The van der Waals surface area contributed by atoms with Crippen LogP contribution < -0.4 is 0 Å². The Morgan fingerprint density at radius 3 is 2.80 bits per heavy atom. The lowest BCUT2D eigenvalue weighted by atomic mass is 9.88. The molecule has 2 N–H and O–H groups in total. The molecule has 0 saturated heterocycles. The molecule has 2 aliphatic rings. The number of hydrogen-bond acceptors (Lipinski definition) is 5. The Balaban J connectivity index is 1.85. The number of rotatable bonds is 9. The Bertz CT molecular complexity index is 747. The van der Waals surface area contributed by atoms with E-state index in [4.69, 9.17) is 0 Å². The number of Topliss-reactive ketones (excluding diaryl/α,β-unsaturated/α-hetero) is 1. The molecule has 0 aliphatic heterocycles. The summed E-state index contributed by atoms with van der Waals surface area (Å²) < 4.78 is 4.60. The van der Waals surface area contributed by atoms with Crippen molar-refractivity contribution in [1.82, 2.24) is 0 Å². The summed E-state index contributed by atoms with van der Waals surface area (Å²) in [5.41, 5.74) is -0.0403. The second kappa shape index (κ2) is 11.9. The van der Waals surface area contributed by atoms with Gasteiger partial charge in [0.15, 0.2) is 0 Å². The van der Waals surface area contributed by atoms with Crippen molar-refractivity contribution in [2.75, 3.05) is 7.11 Å². The number of methoxy groups -OCH3 is 1. The van der Waals surface area contributed by atoms with Crippen LogP contribution in [0.1, 0.15) is 64.7 Å². The molecule has 0 heterocycles. The Morgan fingerprint density at radius 1 is 1.33 bits per heavy atom. The zero-order chi connectivity index (χ0) is 22.0. The molecule has 0 unspecified atom stereocenters. The molecule has 2 aliphatic carbocycles. The summed E-state index contributed by atoms with van der Waals surface area (Å²) in [5, 5.41) is 20.8. The number of carbonyl (C=O) groups is 2. The molecule has 0 aromatic rings. The molecule has 0 amide bonds. The first kappa shape index (κ1) is 24.1. The van der Waals surface area contributed by atoms with Crippen LogP contribution in [-0.2, 0) is 14.3 Å². The monoisotopic (exact) mass is 414 g/mol. The number of hydrogen-bond donors (Lipinski definition) is 2. The summed E-state index contributed by atoms with van der Waals surface area (Å²) in [6.45, 7) is 1.69. The van der Waals surface area contributed by atoms with Crippen molar-refractivity contribution >= 4 is 11.8 Å². The van der Waals surface area contributed by atoms with E-state index in [1.807, 2.05) is 24.3 Å². The number of esters is 1. The second-order valence-electron chi connectivity index (χ2n) is 8.36. The summed E-state index contributed by atoms with van der Waals surface area (Å²) in [7, 11) is 1.37. The molecule has 30 heavy (non-hydrogen) atoms. The van der Waals surface area contributed by atoms with E-state index in [2.05, 4.69) is 22.7 Å². The third kappa shape index (κ3) is 7.93. The van der Waals surface area contributed by atoms with Crippen molar-refractivity contribution in [3.8, 4) is 11.8 Å². The Labute approximate surface area is 179 Å². The van der Waals surface area contributed by atoms with Gasteiger partial charge >= 0.3 is 5.97 Å². The summed E-state index contributed by atoms with van der Waals surface area (Å²) in [5.74, 6) is 5.40. The zero-order valence-corrected chi connectivity index (χ0v) is 18.1. The molecule has 4 atom stereocenters. The molecule has 164 valence electrons. The molecule has 5 heteroatoms. The van der Waals surface area contributed by atoms with E-state index in [1.165, 1.54) is 7.11 Å². The molecule has 0 aromatic carbocycles. The number of ketones is 1. The first-order valence-corrected chi connectivity index (χ1v) is 10.9. The highest BCUT2D eigenvalue weighted by Crippen LogP contribution is 2.34. The zero-order valence-electron chi connectivity index (χ0n) is 18.1. The fourth-order valence-electron chi connectivity index (χ4n) is 3.91. The normalized spacial score (nSPS) is 25.9. The van der Waals surface area contributed by atoms with E-state index in [0.29, 0.717) is 32.1 Å². The van der Waals surface area contributed by atoms with Crippen LogP contribution >= 0.6 is 0 Å². The minimum atomic E-state index is -1.13. The van der Waals surface area contributed by atoms with Crippen LogP contribution in [0.3, 0.4) is 0 Å². The van der Waals surface area contributed by atoms with E-state index in [0.717, 1.165) is 24.8 Å². The van der Waals surface area contributed by atoms with E-state index in [1.54, 1.807) is 6.92 Å². The topological polar surface area (TPSA) is 83.8 Å². The van der Waals surface area contributed by atoms with Crippen LogP contribution in [0.5, 0.6) is 0 Å². The van der Waals surface area contributed by atoms with Crippen molar-refractivity contribution in [2.45, 2.75) is 76.4 Å². The fourth-order valence-corrected chi connectivity index (χ4v) is 3.91. The average molecular weight is 415 g/mol. The Kier molecular flexibility index (Phi) is 9.55. The van der Waals surface area contributed by atoms with Crippen LogP contribution in [0.15, 0.2) is 36.0 Å². The average Bonchev–Trinajstić information content (AvgIpc) is 3.31. The highest BCUT2D eigenvalue weighted by molar-refractivity contribution is 5.84. The Morgan fingerprint density at radius 2 is 2.10 bits per heavy atom. The van der Waals surface area contributed by atoms with Crippen LogP contribution in [0, 0.1) is 23.7 Å². The quantitative estimate of drug-likeness (QED) is 0.342. The van der Waals surface area contributed by atoms with Gasteiger partial charge in [-0.15, -0.1) is 0 Å². The maximum atomic E-state index is 12.3.